The number of carbonyl (C=O) groups is 2. The van der Waals surface area contributed by atoms with E-state index in [0.717, 1.165) is 12.1 Å². The number of hydrogen-bond donors (Lipinski definition) is 1. The van der Waals surface area contributed by atoms with Crippen molar-refractivity contribution in [3.63, 3.8) is 0 Å². The zero-order chi connectivity index (χ0) is 17.6. The molecular weight excluding hydrogens is 296 g/mol. The van der Waals surface area contributed by atoms with Crippen LogP contribution in [-0.4, -0.2) is 61.8 Å². The van der Waals surface area contributed by atoms with E-state index in [1.165, 1.54) is 0 Å². The number of ketones is 1. The Hall–Kier alpha value is -1.92. The molecule has 0 saturated carbocycles. The molecule has 6 heteroatoms. The van der Waals surface area contributed by atoms with E-state index in [-0.39, 0.29) is 12.5 Å². The van der Waals surface area contributed by atoms with Crippen molar-refractivity contribution in [2.75, 3.05) is 39.4 Å². The van der Waals surface area contributed by atoms with Gasteiger partial charge in [-0.2, -0.15) is 0 Å². The van der Waals surface area contributed by atoms with Gasteiger partial charge < -0.3 is 14.7 Å². The second-order valence-electron chi connectivity index (χ2n) is 5.90. The predicted octanol–water partition coefficient (Wildman–Crippen LogP) is 1.53. The molecule has 0 saturated heterocycles. The first-order chi connectivity index (χ1) is 10.8. The van der Waals surface area contributed by atoms with E-state index in [2.05, 4.69) is 0 Å². The molecule has 1 N–H and O–H groups in total. The summed E-state index contributed by atoms with van der Waals surface area (Å²) in [5.74, 6) is -0.598. The summed E-state index contributed by atoms with van der Waals surface area (Å²) in [6.45, 7) is 3.33. The molecule has 0 bridgehead atoms. The summed E-state index contributed by atoms with van der Waals surface area (Å²) in [6, 6.07) is 7.18. The van der Waals surface area contributed by atoms with Gasteiger partial charge in [-0.05, 0) is 51.7 Å². The minimum Gasteiger partial charge on any atom is -0.443 e. The largest absolute Gasteiger partial charge is 0.443 e. The Labute approximate surface area is 137 Å². The normalized spacial score (nSPS) is 13.5. The van der Waals surface area contributed by atoms with Gasteiger partial charge in [-0.15, -0.1) is 0 Å². The van der Waals surface area contributed by atoms with Crippen LogP contribution < -0.4 is 4.90 Å². The molecule has 128 valence electrons. The molecule has 0 amide bonds. The number of anilines is 1. The van der Waals surface area contributed by atoms with Crippen LogP contribution in [0.3, 0.4) is 0 Å². The first-order valence-electron chi connectivity index (χ1n) is 7.56. The number of aliphatic hydroxyl groups is 1. The van der Waals surface area contributed by atoms with E-state index < -0.39 is 18.1 Å². The Morgan fingerprint density at radius 2 is 1.74 bits per heavy atom. The monoisotopic (exact) mass is 322 g/mol. The first kappa shape index (κ1) is 19.1. The molecule has 0 aliphatic heterocycles. The maximum Gasteiger partial charge on any atom is 0.333 e. The quantitative estimate of drug-likeness (QED) is 0.445. The fraction of sp³-hybridized carbons (Fsp3) is 0.529. The Bertz CT molecular complexity index is 542. The predicted molar refractivity (Wildman–Crippen MR) is 89.6 cm³/mol. The van der Waals surface area contributed by atoms with Crippen LogP contribution in [0.4, 0.5) is 5.69 Å². The molecule has 0 heterocycles. The lowest BCUT2D eigenvalue weighted by atomic mass is 9.87. The summed E-state index contributed by atoms with van der Waals surface area (Å²) < 4.78 is 4.85. The van der Waals surface area contributed by atoms with Gasteiger partial charge in [0.25, 0.3) is 0 Å². The summed E-state index contributed by atoms with van der Waals surface area (Å²) in [4.78, 5) is 27.3. The van der Waals surface area contributed by atoms with Crippen molar-refractivity contribution < 1.29 is 19.4 Å². The molecule has 6 nitrogen and oxygen atoms in total. The number of hydrogen-bond acceptors (Lipinski definition) is 6. The number of rotatable bonds is 8. The van der Waals surface area contributed by atoms with Crippen LogP contribution in [0.25, 0.3) is 0 Å². The van der Waals surface area contributed by atoms with E-state index in [1.54, 1.807) is 24.1 Å². The van der Waals surface area contributed by atoms with E-state index in [1.807, 2.05) is 45.0 Å². The van der Waals surface area contributed by atoms with Crippen molar-refractivity contribution in [3.05, 3.63) is 29.8 Å². The van der Waals surface area contributed by atoms with Gasteiger partial charge in [0.2, 0.25) is 0 Å². The van der Waals surface area contributed by atoms with Crippen LogP contribution in [0.5, 0.6) is 0 Å². The van der Waals surface area contributed by atoms with Gasteiger partial charge in [-0.25, -0.2) is 4.79 Å². The van der Waals surface area contributed by atoms with Gasteiger partial charge in [-0.1, -0.05) is 6.92 Å². The van der Waals surface area contributed by atoms with Crippen LogP contribution in [-0.2, 0) is 9.53 Å². The highest BCUT2D eigenvalue weighted by Crippen LogP contribution is 2.23. The van der Waals surface area contributed by atoms with E-state index >= 15 is 0 Å². The Balaban J connectivity index is 2.84. The topological polar surface area (TPSA) is 70.1 Å². The molecule has 1 aromatic rings. The average molecular weight is 322 g/mol. The molecule has 23 heavy (non-hydrogen) atoms. The zero-order valence-electron chi connectivity index (χ0n) is 14.5. The van der Waals surface area contributed by atoms with Gasteiger partial charge in [0.05, 0.1) is 5.54 Å². The molecule has 1 rings (SSSR count). The van der Waals surface area contributed by atoms with Gasteiger partial charge in [0, 0.05) is 18.3 Å². The van der Waals surface area contributed by atoms with Crippen molar-refractivity contribution in [1.29, 1.82) is 0 Å². The van der Waals surface area contributed by atoms with E-state index in [0.29, 0.717) is 5.56 Å². The van der Waals surface area contributed by atoms with Crippen molar-refractivity contribution >= 4 is 17.4 Å². The molecule has 0 aliphatic rings. The highest BCUT2D eigenvalue weighted by Gasteiger charge is 2.34. The minimum absolute atomic E-state index is 0.0387. The fourth-order valence-corrected chi connectivity index (χ4v) is 2.15. The fourth-order valence-electron chi connectivity index (χ4n) is 2.15. The van der Waals surface area contributed by atoms with Crippen molar-refractivity contribution in [2.24, 2.45) is 0 Å². The highest BCUT2D eigenvalue weighted by atomic mass is 16.6. The lowest BCUT2D eigenvalue weighted by molar-refractivity contribution is -0.146. The SMILES string of the molecule is CCC(C)(C(=O)c1ccc(N(C)COC(=O)CO)cc1)N(C)C. The van der Waals surface area contributed by atoms with Crippen LogP contribution in [0.15, 0.2) is 24.3 Å². The summed E-state index contributed by atoms with van der Waals surface area (Å²) in [5.41, 5.74) is 0.923. The molecule has 0 radical (unpaired) electrons. The number of likely N-dealkylation sites (N-methyl/N-ethyl adjacent to an activating group) is 1. The lowest BCUT2D eigenvalue weighted by Gasteiger charge is -2.34. The van der Waals surface area contributed by atoms with Crippen LogP contribution in [0, 0.1) is 0 Å². The maximum atomic E-state index is 12.7. The molecule has 1 aromatic carbocycles. The number of Topliss-reactive ketones (excluding diaryl/α,β-unsaturated/α-hetero) is 1. The number of ether oxygens (including phenoxy) is 1. The second-order valence-corrected chi connectivity index (χ2v) is 5.90. The van der Waals surface area contributed by atoms with Gasteiger partial charge in [0.1, 0.15) is 6.61 Å². The van der Waals surface area contributed by atoms with Gasteiger partial charge in [0.15, 0.2) is 12.5 Å². The number of benzene rings is 1. The van der Waals surface area contributed by atoms with Crippen molar-refractivity contribution in [2.45, 2.75) is 25.8 Å². The summed E-state index contributed by atoms with van der Waals surface area (Å²) in [6.07, 6.45) is 0.720. The lowest BCUT2D eigenvalue weighted by Crippen LogP contribution is -2.48. The van der Waals surface area contributed by atoms with Crippen LogP contribution in [0.2, 0.25) is 0 Å². The average Bonchev–Trinajstić information content (AvgIpc) is 2.57. The highest BCUT2D eigenvalue weighted by molar-refractivity contribution is 6.03. The first-order valence-corrected chi connectivity index (χ1v) is 7.56. The second kappa shape index (κ2) is 8.08. The molecule has 1 unspecified atom stereocenters. The summed E-state index contributed by atoms with van der Waals surface area (Å²) in [7, 11) is 5.57. The third-order valence-corrected chi connectivity index (χ3v) is 4.28. The summed E-state index contributed by atoms with van der Waals surface area (Å²) >= 11 is 0. The minimum atomic E-state index is -0.673. The van der Waals surface area contributed by atoms with E-state index in [4.69, 9.17) is 9.84 Å². The Morgan fingerprint density at radius 1 is 1.17 bits per heavy atom. The van der Waals surface area contributed by atoms with Gasteiger partial charge >= 0.3 is 5.97 Å². The number of esters is 1. The Morgan fingerprint density at radius 3 is 2.17 bits per heavy atom. The number of nitrogens with zero attached hydrogens (tertiary/aromatic N) is 2. The number of aliphatic hydroxyl groups excluding tert-OH is 1. The molecule has 0 spiro atoms. The third-order valence-electron chi connectivity index (χ3n) is 4.28. The maximum absolute atomic E-state index is 12.7. The van der Waals surface area contributed by atoms with E-state index in [9.17, 15) is 9.59 Å². The summed E-state index contributed by atoms with van der Waals surface area (Å²) in [5, 5.41) is 8.63. The molecular formula is C17H26N2O4. The Kier molecular flexibility index (Phi) is 6.72. The molecule has 0 aromatic heterocycles. The van der Waals surface area contributed by atoms with Crippen molar-refractivity contribution in [1.82, 2.24) is 4.90 Å². The molecule has 1 atom stereocenters. The molecule has 0 fully saturated rings. The third kappa shape index (κ3) is 4.53. The van der Waals surface area contributed by atoms with Crippen molar-refractivity contribution in [3.8, 4) is 0 Å². The van der Waals surface area contributed by atoms with Crippen LogP contribution >= 0.6 is 0 Å². The smallest absolute Gasteiger partial charge is 0.333 e. The molecule has 0 aliphatic carbocycles. The zero-order valence-corrected chi connectivity index (χ0v) is 14.5. The van der Waals surface area contributed by atoms with Crippen LogP contribution in [0.1, 0.15) is 30.6 Å². The standard InChI is InChI=1S/C17H26N2O4/c1-6-17(2,18(3)4)16(22)13-7-9-14(10-8-13)19(5)12-23-15(21)11-20/h7-10,20H,6,11-12H2,1-5H3. The number of carbonyl (C=O) groups excluding carboxylic acids is 2. The van der Waals surface area contributed by atoms with Gasteiger partial charge in [-0.3, -0.25) is 9.69 Å².